The highest BCUT2D eigenvalue weighted by Crippen LogP contribution is 2.17. The Balaban J connectivity index is 1.68. The van der Waals surface area contributed by atoms with E-state index in [1.807, 2.05) is 15.6 Å². The molecule has 2 N–H and O–H groups in total. The van der Waals surface area contributed by atoms with E-state index in [4.69, 9.17) is 5.11 Å². The van der Waals surface area contributed by atoms with Crippen molar-refractivity contribution in [3.05, 3.63) is 17.5 Å². The second kappa shape index (κ2) is 5.85. The summed E-state index contributed by atoms with van der Waals surface area (Å²) in [6.07, 6.45) is 2.32. The van der Waals surface area contributed by atoms with Crippen molar-refractivity contribution in [1.82, 2.24) is 20.0 Å². The first-order chi connectivity index (χ1) is 10.1. The topological polar surface area (TPSA) is 87.5 Å². The summed E-state index contributed by atoms with van der Waals surface area (Å²) in [5.74, 6) is -0.644. The van der Waals surface area contributed by atoms with Crippen LogP contribution in [0.4, 0.5) is 0 Å². The molecule has 114 valence electrons. The van der Waals surface area contributed by atoms with Crippen LogP contribution < -0.4 is 5.32 Å². The van der Waals surface area contributed by atoms with Crippen LogP contribution in [-0.2, 0) is 29.1 Å². The summed E-state index contributed by atoms with van der Waals surface area (Å²) >= 11 is 0. The number of carbonyl (C=O) groups excluding carboxylic acids is 1. The number of carbonyl (C=O) groups is 2. The van der Waals surface area contributed by atoms with Crippen LogP contribution in [0.25, 0.3) is 0 Å². The minimum absolute atomic E-state index is 0.0223. The van der Waals surface area contributed by atoms with Crippen LogP contribution in [0.3, 0.4) is 0 Å². The van der Waals surface area contributed by atoms with Crippen molar-refractivity contribution in [2.75, 3.05) is 13.1 Å². The number of amides is 1. The second-order valence-electron chi connectivity index (χ2n) is 5.65. The number of rotatable bonds is 4. The molecule has 7 nitrogen and oxygen atoms in total. The highest BCUT2D eigenvalue weighted by atomic mass is 16.4. The average Bonchev–Trinajstić information content (AvgIpc) is 2.65. The van der Waals surface area contributed by atoms with E-state index in [2.05, 4.69) is 10.4 Å². The Hall–Kier alpha value is -1.89. The van der Waals surface area contributed by atoms with Gasteiger partial charge in [0, 0.05) is 19.5 Å². The number of carboxylic acid groups (broad SMARTS) is 1. The van der Waals surface area contributed by atoms with Crippen molar-refractivity contribution in [3.8, 4) is 0 Å². The molecular formula is C14H20N4O3. The first kappa shape index (κ1) is 14.1. The quantitative estimate of drug-likeness (QED) is 0.815. The molecule has 0 spiro atoms. The third-order valence-electron chi connectivity index (χ3n) is 4.09. The van der Waals surface area contributed by atoms with E-state index < -0.39 is 5.97 Å². The first-order valence-electron chi connectivity index (χ1n) is 7.43. The first-order valence-corrected chi connectivity index (χ1v) is 7.43. The predicted molar refractivity (Wildman–Crippen MR) is 74.6 cm³/mol. The number of hydrogen-bond donors (Lipinski definition) is 2. The second-order valence-corrected chi connectivity index (χ2v) is 5.65. The van der Waals surface area contributed by atoms with Gasteiger partial charge in [-0.2, -0.15) is 5.10 Å². The van der Waals surface area contributed by atoms with Crippen LogP contribution in [0, 0.1) is 0 Å². The van der Waals surface area contributed by atoms with Gasteiger partial charge in [-0.05, 0) is 25.5 Å². The third-order valence-corrected chi connectivity index (χ3v) is 4.09. The fourth-order valence-electron chi connectivity index (χ4n) is 2.79. The van der Waals surface area contributed by atoms with Crippen LogP contribution >= 0.6 is 0 Å². The van der Waals surface area contributed by atoms with Crippen LogP contribution in [0.15, 0.2) is 6.07 Å². The normalized spacial score (nSPS) is 21.3. The lowest BCUT2D eigenvalue weighted by Crippen LogP contribution is -2.54. The van der Waals surface area contributed by atoms with Gasteiger partial charge in [0.05, 0.1) is 30.4 Å². The van der Waals surface area contributed by atoms with E-state index >= 15 is 0 Å². The Morgan fingerprint density at radius 1 is 1.43 bits per heavy atom. The minimum Gasteiger partial charge on any atom is -0.481 e. The van der Waals surface area contributed by atoms with Crippen LogP contribution in [0.2, 0.25) is 0 Å². The highest BCUT2D eigenvalue weighted by Gasteiger charge is 2.30. The summed E-state index contributed by atoms with van der Waals surface area (Å²) in [6, 6.07) is 1.91. The summed E-state index contributed by atoms with van der Waals surface area (Å²) < 4.78 is 1.92. The van der Waals surface area contributed by atoms with E-state index in [0.717, 1.165) is 43.9 Å². The van der Waals surface area contributed by atoms with Crippen molar-refractivity contribution in [1.29, 1.82) is 0 Å². The largest absolute Gasteiger partial charge is 0.481 e. The summed E-state index contributed by atoms with van der Waals surface area (Å²) in [7, 11) is 0. The van der Waals surface area contributed by atoms with E-state index in [-0.39, 0.29) is 18.4 Å². The Kier molecular flexibility index (Phi) is 3.92. The molecule has 1 fully saturated rings. The Morgan fingerprint density at radius 2 is 2.24 bits per heavy atom. The Morgan fingerprint density at radius 3 is 2.90 bits per heavy atom. The summed E-state index contributed by atoms with van der Waals surface area (Å²) in [6.45, 7) is 3.02. The van der Waals surface area contributed by atoms with Crippen molar-refractivity contribution >= 4 is 11.9 Å². The Bertz CT molecular complexity index is 550. The fraction of sp³-hybridized carbons (Fsp3) is 0.643. The molecule has 3 rings (SSSR count). The number of aryl methyl sites for hydroxylation is 2. The lowest BCUT2D eigenvalue weighted by Gasteiger charge is -2.31. The molecule has 1 saturated heterocycles. The van der Waals surface area contributed by atoms with Gasteiger partial charge in [0.2, 0.25) is 5.91 Å². The average molecular weight is 292 g/mol. The zero-order valence-corrected chi connectivity index (χ0v) is 11.9. The van der Waals surface area contributed by atoms with Crippen molar-refractivity contribution in [2.45, 2.75) is 44.8 Å². The van der Waals surface area contributed by atoms with Crippen molar-refractivity contribution < 1.29 is 14.7 Å². The molecule has 3 heterocycles. The highest BCUT2D eigenvalue weighted by molar-refractivity contribution is 5.82. The van der Waals surface area contributed by atoms with Gasteiger partial charge in [0.25, 0.3) is 0 Å². The molecule has 0 radical (unpaired) electrons. The van der Waals surface area contributed by atoms with Gasteiger partial charge in [-0.25, -0.2) is 0 Å². The van der Waals surface area contributed by atoms with Gasteiger partial charge in [-0.15, -0.1) is 0 Å². The minimum atomic E-state index is -0.814. The molecule has 0 aliphatic carbocycles. The molecule has 1 aromatic rings. The molecule has 0 saturated carbocycles. The van der Waals surface area contributed by atoms with E-state index in [9.17, 15) is 9.59 Å². The fourth-order valence-corrected chi connectivity index (χ4v) is 2.79. The zero-order chi connectivity index (χ0) is 14.8. The molecule has 0 unspecified atom stereocenters. The number of hydrogen-bond acceptors (Lipinski definition) is 4. The summed E-state index contributed by atoms with van der Waals surface area (Å²) in [5, 5.41) is 16.3. The van der Waals surface area contributed by atoms with Gasteiger partial charge in [-0.1, -0.05) is 0 Å². The van der Waals surface area contributed by atoms with Gasteiger partial charge in [-0.3, -0.25) is 14.3 Å². The van der Waals surface area contributed by atoms with E-state index in [0.29, 0.717) is 13.0 Å². The molecule has 1 aromatic heterocycles. The van der Waals surface area contributed by atoms with Crippen LogP contribution in [0.5, 0.6) is 0 Å². The lowest BCUT2D eigenvalue weighted by atomic mass is 10.1. The van der Waals surface area contributed by atoms with Crippen LogP contribution in [-0.4, -0.2) is 50.8 Å². The van der Waals surface area contributed by atoms with Gasteiger partial charge in [0.15, 0.2) is 0 Å². The van der Waals surface area contributed by atoms with Crippen molar-refractivity contribution in [3.63, 3.8) is 0 Å². The molecule has 7 heteroatoms. The molecule has 0 bridgehead atoms. The number of aliphatic carboxylic acids is 1. The molecule has 21 heavy (non-hydrogen) atoms. The van der Waals surface area contributed by atoms with E-state index in [1.165, 1.54) is 0 Å². The van der Waals surface area contributed by atoms with Gasteiger partial charge in [0.1, 0.15) is 0 Å². The number of nitrogens with one attached hydrogen (secondary N) is 1. The zero-order valence-electron chi connectivity index (χ0n) is 11.9. The number of nitrogens with zero attached hydrogens (tertiary/aromatic N) is 3. The maximum Gasteiger partial charge on any atom is 0.303 e. The van der Waals surface area contributed by atoms with Gasteiger partial charge < -0.3 is 15.3 Å². The van der Waals surface area contributed by atoms with Gasteiger partial charge >= 0.3 is 5.97 Å². The number of carboxylic acids is 1. The number of fused-ring (bicyclic) bond motifs is 1. The molecular weight excluding hydrogens is 272 g/mol. The SMILES string of the molecule is O=C(O)CCc1cc2n(n1)CCCN(C(=O)[C@@H]1CCN1)C2. The summed E-state index contributed by atoms with van der Waals surface area (Å²) in [4.78, 5) is 24.8. The standard InChI is InChI=1S/C14H20N4O3/c19-13(20)3-2-10-8-11-9-17(6-1-7-18(11)16-10)14(21)12-4-5-15-12/h8,12,15H,1-7,9H2,(H,19,20)/t12-/m0/s1. The van der Waals surface area contributed by atoms with E-state index in [1.54, 1.807) is 0 Å². The predicted octanol–water partition coefficient (Wildman–Crippen LogP) is -0.00550. The maximum absolute atomic E-state index is 12.3. The maximum atomic E-state index is 12.3. The molecule has 2 aliphatic rings. The number of aromatic nitrogens is 2. The monoisotopic (exact) mass is 292 g/mol. The third kappa shape index (κ3) is 3.07. The summed E-state index contributed by atoms with van der Waals surface area (Å²) in [5.41, 5.74) is 1.80. The molecule has 2 aliphatic heterocycles. The molecule has 1 atom stereocenters. The smallest absolute Gasteiger partial charge is 0.303 e. The van der Waals surface area contributed by atoms with Crippen molar-refractivity contribution in [2.24, 2.45) is 0 Å². The van der Waals surface area contributed by atoms with Crippen LogP contribution in [0.1, 0.15) is 30.7 Å². The Labute approximate surface area is 122 Å². The molecule has 0 aromatic carbocycles. The molecule has 1 amide bonds. The lowest BCUT2D eigenvalue weighted by molar-refractivity contribution is -0.137.